The lowest BCUT2D eigenvalue weighted by atomic mass is 10.1. The first-order valence-electron chi connectivity index (χ1n) is 8.45. The molecule has 2 rings (SSSR count). The number of aliphatic imine (C=N–C) groups is 1. The van der Waals surface area contributed by atoms with E-state index in [0.717, 1.165) is 42.2 Å². The van der Waals surface area contributed by atoms with Gasteiger partial charge in [-0.05, 0) is 49.4 Å². The van der Waals surface area contributed by atoms with Crippen molar-refractivity contribution in [3.63, 3.8) is 0 Å². The first-order chi connectivity index (χ1) is 11.6. The minimum Gasteiger partial charge on any atom is -0.507 e. The molecule has 0 saturated carbocycles. The Bertz CT molecular complexity index is 658. The molecule has 0 fully saturated rings. The van der Waals surface area contributed by atoms with E-state index in [2.05, 4.69) is 46.8 Å². The number of rotatable bonds is 6. The van der Waals surface area contributed by atoms with Crippen molar-refractivity contribution in [3.8, 4) is 5.75 Å². The van der Waals surface area contributed by atoms with Gasteiger partial charge in [0.25, 0.3) is 0 Å². The molecule has 4 heteroatoms. The van der Waals surface area contributed by atoms with E-state index in [-0.39, 0.29) is 0 Å². The highest BCUT2D eigenvalue weighted by Crippen LogP contribution is 2.23. The van der Waals surface area contributed by atoms with Gasteiger partial charge in [-0.15, -0.1) is 0 Å². The average molecular weight is 325 g/mol. The van der Waals surface area contributed by atoms with Crippen LogP contribution in [-0.4, -0.2) is 24.2 Å². The molecular formula is C20H27N3O. The second-order valence-corrected chi connectivity index (χ2v) is 5.94. The molecule has 4 nitrogen and oxygen atoms in total. The Labute approximate surface area is 144 Å². The van der Waals surface area contributed by atoms with Crippen LogP contribution in [0.2, 0.25) is 0 Å². The monoisotopic (exact) mass is 325 g/mol. The Hall–Kier alpha value is -2.49. The van der Waals surface area contributed by atoms with E-state index in [1.165, 1.54) is 5.56 Å². The van der Waals surface area contributed by atoms with E-state index < -0.39 is 0 Å². The van der Waals surface area contributed by atoms with Gasteiger partial charge in [-0.3, -0.25) is 0 Å². The van der Waals surface area contributed by atoms with Crippen LogP contribution in [0.5, 0.6) is 5.75 Å². The lowest BCUT2D eigenvalue weighted by molar-refractivity contribution is 0.466. The molecule has 24 heavy (non-hydrogen) atoms. The van der Waals surface area contributed by atoms with Crippen molar-refractivity contribution in [3.05, 3.63) is 64.7 Å². The molecule has 0 heterocycles. The van der Waals surface area contributed by atoms with Gasteiger partial charge < -0.3 is 15.7 Å². The van der Waals surface area contributed by atoms with Crippen LogP contribution in [0.1, 0.15) is 29.2 Å². The maximum Gasteiger partial charge on any atom is 0.191 e. The molecule has 0 spiro atoms. The van der Waals surface area contributed by atoms with Crippen LogP contribution in [0, 0.1) is 13.8 Å². The third-order valence-electron chi connectivity index (χ3n) is 3.86. The SMILES string of the molecule is CCNC(=NCc1cc(C)c(O)c(C)c1)NCCc1ccccc1. The van der Waals surface area contributed by atoms with E-state index in [0.29, 0.717) is 12.3 Å². The third kappa shape index (κ3) is 5.30. The van der Waals surface area contributed by atoms with Crippen molar-refractivity contribution in [2.45, 2.75) is 33.7 Å². The predicted octanol–water partition coefficient (Wildman–Crippen LogP) is 3.31. The molecule has 2 aromatic carbocycles. The van der Waals surface area contributed by atoms with Crippen LogP contribution >= 0.6 is 0 Å². The summed E-state index contributed by atoms with van der Waals surface area (Å²) in [5.41, 5.74) is 4.19. The minimum atomic E-state index is 0.371. The second kappa shape index (κ2) is 8.96. The van der Waals surface area contributed by atoms with E-state index >= 15 is 0 Å². The fourth-order valence-corrected chi connectivity index (χ4v) is 2.62. The number of hydrogen-bond acceptors (Lipinski definition) is 2. The Kier molecular flexibility index (Phi) is 6.67. The number of phenolic OH excluding ortho intramolecular Hbond substituents is 1. The summed E-state index contributed by atoms with van der Waals surface area (Å²) < 4.78 is 0. The maximum absolute atomic E-state index is 9.86. The number of aromatic hydroxyl groups is 1. The topological polar surface area (TPSA) is 56.7 Å². The van der Waals surface area contributed by atoms with Crippen LogP contribution in [0.3, 0.4) is 0 Å². The normalized spacial score (nSPS) is 11.4. The molecular weight excluding hydrogens is 298 g/mol. The van der Waals surface area contributed by atoms with Crippen LogP contribution in [0.25, 0.3) is 0 Å². The van der Waals surface area contributed by atoms with Crippen LogP contribution in [0.4, 0.5) is 0 Å². The number of guanidine groups is 1. The molecule has 0 unspecified atom stereocenters. The van der Waals surface area contributed by atoms with Gasteiger partial charge in [-0.1, -0.05) is 42.5 Å². The zero-order valence-corrected chi connectivity index (χ0v) is 14.8. The number of nitrogens with zero attached hydrogens (tertiary/aromatic N) is 1. The number of hydrogen-bond donors (Lipinski definition) is 3. The Balaban J connectivity index is 1.95. The molecule has 3 N–H and O–H groups in total. The van der Waals surface area contributed by atoms with Crippen LogP contribution < -0.4 is 10.6 Å². The zero-order chi connectivity index (χ0) is 17.4. The fourth-order valence-electron chi connectivity index (χ4n) is 2.62. The second-order valence-electron chi connectivity index (χ2n) is 5.94. The molecule has 128 valence electrons. The number of benzene rings is 2. The maximum atomic E-state index is 9.86. The largest absolute Gasteiger partial charge is 0.507 e. The summed E-state index contributed by atoms with van der Waals surface area (Å²) in [6.07, 6.45) is 0.961. The van der Waals surface area contributed by atoms with Gasteiger partial charge in [0, 0.05) is 13.1 Å². The van der Waals surface area contributed by atoms with Gasteiger partial charge in [-0.25, -0.2) is 4.99 Å². The molecule has 0 aliphatic rings. The summed E-state index contributed by atoms with van der Waals surface area (Å²) in [5.74, 6) is 1.19. The Morgan fingerprint density at radius 2 is 1.67 bits per heavy atom. The summed E-state index contributed by atoms with van der Waals surface area (Å²) in [7, 11) is 0. The first kappa shape index (κ1) is 17.9. The van der Waals surface area contributed by atoms with Crippen molar-refractivity contribution in [1.29, 1.82) is 0 Å². The van der Waals surface area contributed by atoms with Crippen molar-refractivity contribution < 1.29 is 5.11 Å². The summed E-state index contributed by atoms with van der Waals surface area (Å²) in [6, 6.07) is 14.4. The fraction of sp³-hybridized carbons (Fsp3) is 0.350. The number of aryl methyl sites for hydroxylation is 2. The molecule has 2 aromatic rings. The molecule has 0 bridgehead atoms. The van der Waals surface area contributed by atoms with Gasteiger partial charge in [0.05, 0.1) is 6.54 Å². The van der Waals surface area contributed by atoms with E-state index in [9.17, 15) is 5.11 Å². The van der Waals surface area contributed by atoms with E-state index in [1.54, 1.807) is 0 Å². The summed E-state index contributed by atoms with van der Waals surface area (Å²) >= 11 is 0. The molecule has 0 aliphatic carbocycles. The van der Waals surface area contributed by atoms with Gasteiger partial charge in [-0.2, -0.15) is 0 Å². The average Bonchev–Trinajstić information content (AvgIpc) is 2.58. The standard InChI is InChI=1S/C20H27N3O/c1-4-21-20(22-11-10-17-8-6-5-7-9-17)23-14-18-12-15(2)19(24)16(3)13-18/h5-9,12-13,24H,4,10-11,14H2,1-3H3,(H2,21,22,23). The molecule has 0 aromatic heterocycles. The lowest BCUT2D eigenvalue weighted by Crippen LogP contribution is -2.38. The first-order valence-corrected chi connectivity index (χ1v) is 8.45. The highest BCUT2D eigenvalue weighted by atomic mass is 16.3. The Morgan fingerprint density at radius 3 is 2.29 bits per heavy atom. The lowest BCUT2D eigenvalue weighted by Gasteiger charge is -2.12. The van der Waals surface area contributed by atoms with Gasteiger partial charge in [0.2, 0.25) is 0 Å². The van der Waals surface area contributed by atoms with Crippen molar-refractivity contribution in [1.82, 2.24) is 10.6 Å². The molecule has 0 amide bonds. The Morgan fingerprint density at radius 1 is 1.00 bits per heavy atom. The third-order valence-corrected chi connectivity index (χ3v) is 3.86. The van der Waals surface area contributed by atoms with Crippen molar-refractivity contribution >= 4 is 5.96 Å². The summed E-state index contributed by atoms with van der Waals surface area (Å²) in [6.45, 7) is 8.14. The van der Waals surface area contributed by atoms with Gasteiger partial charge in [0.15, 0.2) is 5.96 Å². The molecule has 0 atom stereocenters. The zero-order valence-electron chi connectivity index (χ0n) is 14.8. The van der Waals surface area contributed by atoms with Crippen LogP contribution in [0.15, 0.2) is 47.5 Å². The number of phenols is 1. The van der Waals surface area contributed by atoms with Crippen LogP contribution in [-0.2, 0) is 13.0 Å². The quantitative estimate of drug-likeness (QED) is 0.564. The minimum absolute atomic E-state index is 0.371. The van der Waals surface area contributed by atoms with E-state index in [1.807, 2.05) is 32.0 Å². The molecule has 0 saturated heterocycles. The molecule has 0 radical (unpaired) electrons. The van der Waals surface area contributed by atoms with Gasteiger partial charge >= 0.3 is 0 Å². The van der Waals surface area contributed by atoms with Crippen molar-refractivity contribution in [2.24, 2.45) is 4.99 Å². The van der Waals surface area contributed by atoms with E-state index in [4.69, 9.17) is 0 Å². The highest BCUT2D eigenvalue weighted by molar-refractivity contribution is 5.79. The number of nitrogens with one attached hydrogen (secondary N) is 2. The highest BCUT2D eigenvalue weighted by Gasteiger charge is 2.04. The van der Waals surface area contributed by atoms with Crippen molar-refractivity contribution in [2.75, 3.05) is 13.1 Å². The smallest absolute Gasteiger partial charge is 0.191 e. The summed E-state index contributed by atoms with van der Waals surface area (Å²) in [5, 5.41) is 16.5. The molecule has 0 aliphatic heterocycles. The summed E-state index contributed by atoms with van der Waals surface area (Å²) in [4.78, 5) is 4.64. The predicted molar refractivity (Wildman–Crippen MR) is 101 cm³/mol. The van der Waals surface area contributed by atoms with Gasteiger partial charge in [0.1, 0.15) is 5.75 Å².